The van der Waals surface area contributed by atoms with Gasteiger partial charge >= 0.3 is 0 Å². The summed E-state index contributed by atoms with van der Waals surface area (Å²) in [6, 6.07) is 9.77. The van der Waals surface area contributed by atoms with Crippen molar-refractivity contribution in [3.8, 4) is 5.75 Å². The molecule has 0 heterocycles. The summed E-state index contributed by atoms with van der Waals surface area (Å²) in [7, 11) is 0. The van der Waals surface area contributed by atoms with Gasteiger partial charge in [-0.2, -0.15) is 0 Å². The van der Waals surface area contributed by atoms with Gasteiger partial charge in [-0.15, -0.1) is 0 Å². The summed E-state index contributed by atoms with van der Waals surface area (Å²) in [6.07, 6.45) is 0. The molecule has 0 aliphatic rings. The number of ether oxygens (including phenoxy) is 1. The van der Waals surface area contributed by atoms with Gasteiger partial charge in [0.2, 0.25) is 5.78 Å². The third-order valence-corrected chi connectivity index (χ3v) is 3.90. The Morgan fingerprint density at radius 2 is 1.70 bits per heavy atom. The van der Waals surface area contributed by atoms with E-state index >= 15 is 0 Å². The summed E-state index contributed by atoms with van der Waals surface area (Å²) in [4.78, 5) is 12.1. The molecule has 20 heavy (non-hydrogen) atoms. The third-order valence-electron chi connectivity index (χ3n) is 2.48. The lowest BCUT2D eigenvalue weighted by molar-refractivity contribution is 0.0921. The Morgan fingerprint density at radius 1 is 1.05 bits per heavy atom. The Kier molecular flexibility index (Phi) is 5.33. The van der Waals surface area contributed by atoms with E-state index in [1.165, 1.54) is 6.07 Å². The number of benzene rings is 2. The first-order valence-corrected chi connectivity index (χ1v) is 7.46. The second kappa shape index (κ2) is 6.81. The van der Waals surface area contributed by atoms with Crippen molar-refractivity contribution in [1.29, 1.82) is 0 Å². The Labute approximate surface area is 139 Å². The highest BCUT2D eigenvalue weighted by Gasteiger charge is 2.13. The quantitative estimate of drug-likeness (QED) is 0.625. The first-order valence-electron chi connectivity index (χ1n) is 5.53. The van der Waals surface area contributed by atoms with Gasteiger partial charge in [0.1, 0.15) is 5.75 Å². The van der Waals surface area contributed by atoms with Crippen molar-refractivity contribution in [1.82, 2.24) is 0 Å². The molecular formula is C14H8BrCl3O2. The van der Waals surface area contributed by atoms with E-state index < -0.39 is 0 Å². The minimum absolute atomic E-state index is 0.139. The Balaban J connectivity index is 2.10. The number of ketones is 1. The highest BCUT2D eigenvalue weighted by Crippen LogP contribution is 2.28. The summed E-state index contributed by atoms with van der Waals surface area (Å²) < 4.78 is 6.12. The molecule has 0 N–H and O–H groups in total. The van der Waals surface area contributed by atoms with E-state index in [1.54, 1.807) is 30.3 Å². The fourth-order valence-corrected chi connectivity index (χ4v) is 2.72. The van der Waals surface area contributed by atoms with Gasteiger partial charge in [-0.3, -0.25) is 4.79 Å². The normalized spacial score (nSPS) is 10.4. The van der Waals surface area contributed by atoms with Gasteiger partial charge in [0, 0.05) is 15.6 Å². The van der Waals surface area contributed by atoms with Gasteiger partial charge in [0.25, 0.3) is 0 Å². The number of carbonyl (C=O) groups excluding carboxylic acids is 1. The maximum absolute atomic E-state index is 12.1. The Bertz CT molecular complexity index is 659. The summed E-state index contributed by atoms with van der Waals surface area (Å²) in [5, 5.41) is 1.37. The van der Waals surface area contributed by atoms with Crippen molar-refractivity contribution in [3.63, 3.8) is 0 Å². The molecule has 0 aliphatic heterocycles. The zero-order chi connectivity index (χ0) is 14.7. The van der Waals surface area contributed by atoms with Gasteiger partial charge in [0.05, 0.1) is 9.50 Å². The summed E-state index contributed by atoms with van der Waals surface area (Å²) in [5.41, 5.74) is 0.337. The van der Waals surface area contributed by atoms with Gasteiger partial charge in [0.15, 0.2) is 6.61 Å². The topological polar surface area (TPSA) is 26.3 Å². The highest BCUT2D eigenvalue weighted by atomic mass is 79.9. The molecule has 0 aliphatic carbocycles. The van der Waals surface area contributed by atoms with Gasteiger partial charge in [-0.1, -0.05) is 34.8 Å². The fourth-order valence-electron chi connectivity index (χ4n) is 1.52. The smallest absolute Gasteiger partial charge is 0.201 e. The highest BCUT2D eigenvalue weighted by molar-refractivity contribution is 9.10. The molecule has 0 fully saturated rings. The molecule has 0 saturated carbocycles. The molecule has 0 radical (unpaired) electrons. The molecule has 2 aromatic carbocycles. The van der Waals surface area contributed by atoms with Crippen molar-refractivity contribution < 1.29 is 9.53 Å². The van der Waals surface area contributed by atoms with E-state index in [1.807, 2.05) is 0 Å². The average molecular weight is 394 g/mol. The summed E-state index contributed by atoms with van der Waals surface area (Å²) >= 11 is 21.0. The monoisotopic (exact) mass is 392 g/mol. The van der Waals surface area contributed by atoms with Crippen LogP contribution < -0.4 is 4.74 Å². The van der Waals surface area contributed by atoms with Crippen molar-refractivity contribution in [3.05, 3.63) is 61.5 Å². The van der Waals surface area contributed by atoms with Crippen LogP contribution in [-0.2, 0) is 0 Å². The van der Waals surface area contributed by atoms with E-state index in [4.69, 9.17) is 39.5 Å². The summed E-state index contributed by atoms with van der Waals surface area (Å²) in [6.45, 7) is -0.139. The maximum Gasteiger partial charge on any atom is 0.201 e. The predicted molar refractivity (Wildman–Crippen MR) is 85.4 cm³/mol. The van der Waals surface area contributed by atoms with Gasteiger partial charge in [-0.25, -0.2) is 0 Å². The molecular weight excluding hydrogens is 386 g/mol. The molecule has 104 valence electrons. The van der Waals surface area contributed by atoms with Crippen molar-refractivity contribution in [2.75, 3.05) is 6.61 Å². The average Bonchev–Trinajstić information content (AvgIpc) is 2.40. The van der Waals surface area contributed by atoms with Crippen LogP contribution in [-0.4, -0.2) is 12.4 Å². The second-order valence-corrected chi connectivity index (χ2v) is 6.05. The van der Waals surface area contributed by atoms with Crippen LogP contribution in [0.1, 0.15) is 10.4 Å². The van der Waals surface area contributed by atoms with E-state index in [-0.39, 0.29) is 12.4 Å². The minimum Gasteiger partial charge on any atom is -0.484 e. The summed E-state index contributed by atoms with van der Waals surface area (Å²) in [5.74, 6) is 0.278. The lowest BCUT2D eigenvalue weighted by Gasteiger charge is -2.09. The van der Waals surface area contributed by atoms with Crippen LogP contribution in [0.15, 0.2) is 40.9 Å². The number of hydrogen-bond donors (Lipinski definition) is 0. The molecule has 0 bridgehead atoms. The van der Waals surface area contributed by atoms with Gasteiger partial charge in [-0.05, 0) is 52.3 Å². The number of rotatable bonds is 4. The fraction of sp³-hybridized carbons (Fsp3) is 0.0714. The van der Waals surface area contributed by atoms with Crippen LogP contribution in [0.3, 0.4) is 0 Å². The minimum atomic E-state index is -0.251. The van der Waals surface area contributed by atoms with E-state index in [0.717, 1.165) is 0 Å². The molecule has 2 nitrogen and oxygen atoms in total. The maximum atomic E-state index is 12.1. The zero-order valence-electron chi connectivity index (χ0n) is 10.00. The third kappa shape index (κ3) is 3.89. The van der Waals surface area contributed by atoms with Crippen LogP contribution in [0.5, 0.6) is 5.75 Å². The van der Waals surface area contributed by atoms with Crippen LogP contribution in [0, 0.1) is 0 Å². The first-order chi connectivity index (χ1) is 9.47. The second-order valence-electron chi connectivity index (χ2n) is 3.91. The Hall–Kier alpha value is -0.740. The van der Waals surface area contributed by atoms with Crippen LogP contribution in [0.25, 0.3) is 0 Å². The number of carbonyl (C=O) groups is 1. The van der Waals surface area contributed by atoms with Crippen LogP contribution >= 0.6 is 50.7 Å². The lowest BCUT2D eigenvalue weighted by Crippen LogP contribution is -2.12. The molecule has 0 saturated heterocycles. The molecule has 2 aromatic rings. The molecule has 2 rings (SSSR count). The molecule has 0 atom stereocenters. The molecule has 0 unspecified atom stereocenters. The van der Waals surface area contributed by atoms with Crippen molar-refractivity contribution in [2.45, 2.75) is 0 Å². The number of halogens is 4. The van der Waals surface area contributed by atoms with Crippen LogP contribution in [0.2, 0.25) is 15.1 Å². The van der Waals surface area contributed by atoms with Crippen molar-refractivity contribution >= 4 is 56.5 Å². The molecule has 0 aromatic heterocycles. The van der Waals surface area contributed by atoms with Gasteiger partial charge < -0.3 is 4.74 Å². The Morgan fingerprint density at radius 3 is 2.40 bits per heavy atom. The van der Waals surface area contributed by atoms with E-state index in [0.29, 0.717) is 30.9 Å². The number of Topliss-reactive ketones (excluding diaryl/α,β-unsaturated/α-hetero) is 1. The molecule has 0 amide bonds. The molecule has 0 spiro atoms. The lowest BCUT2D eigenvalue weighted by atomic mass is 10.1. The van der Waals surface area contributed by atoms with Crippen LogP contribution in [0.4, 0.5) is 0 Å². The van der Waals surface area contributed by atoms with E-state index in [9.17, 15) is 4.79 Å². The number of hydrogen-bond acceptors (Lipinski definition) is 2. The zero-order valence-corrected chi connectivity index (χ0v) is 13.9. The molecule has 6 heteroatoms. The standard InChI is InChI=1S/C14H8BrCl3O2/c15-11-6-9(17)2-4-14(11)20-7-13(19)10-5-8(16)1-3-12(10)18/h1-6H,7H2. The SMILES string of the molecule is O=C(COc1ccc(Cl)cc1Br)c1cc(Cl)ccc1Cl. The van der Waals surface area contributed by atoms with Crippen molar-refractivity contribution in [2.24, 2.45) is 0 Å². The predicted octanol–water partition coefficient (Wildman–Crippen LogP) is 5.67. The largest absolute Gasteiger partial charge is 0.484 e. The van der Waals surface area contributed by atoms with E-state index in [2.05, 4.69) is 15.9 Å². The first kappa shape index (κ1) is 15.6.